The molecule has 8 heteroatoms. The van der Waals surface area contributed by atoms with Crippen LogP contribution >= 0.6 is 11.6 Å². The fraction of sp³-hybridized carbons (Fsp3) is 0.227. The fourth-order valence-corrected chi connectivity index (χ4v) is 3.74. The van der Waals surface area contributed by atoms with Crippen molar-refractivity contribution >= 4 is 45.6 Å². The summed E-state index contributed by atoms with van der Waals surface area (Å²) in [6.45, 7) is 1.30. The zero-order valence-electron chi connectivity index (χ0n) is 16.7. The van der Waals surface area contributed by atoms with E-state index in [1.54, 1.807) is 12.1 Å². The molecule has 2 heterocycles. The van der Waals surface area contributed by atoms with Gasteiger partial charge >= 0.3 is 0 Å². The van der Waals surface area contributed by atoms with Gasteiger partial charge in [-0.15, -0.1) is 0 Å². The van der Waals surface area contributed by atoms with Crippen molar-refractivity contribution in [3.05, 3.63) is 65.2 Å². The number of nitrogens with zero attached hydrogens (tertiary/aromatic N) is 4. The highest BCUT2D eigenvalue weighted by Crippen LogP contribution is 2.39. The molecule has 4 rings (SSSR count). The summed E-state index contributed by atoms with van der Waals surface area (Å²) in [5.74, 6) is 0.0692. The lowest BCUT2D eigenvalue weighted by Crippen LogP contribution is -2.26. The van der Waals surface area contributed by atoms with Gasteiger partial charge in [0.2, 0.25) is 5.91 Å². The van der Waals surface area contributed by atoms with Crippen LogP contribution in [0.2, 0.25) is 5.02 Å². The van der Waals surface area contributed by atoms with Crippen LogP contribution in [0.4, 0.5) is 21.6 Å². The molecule has 2 aromatic carbocycles. The second-order valence-electron chi connectivity index (χ2n) is 7.34. The minimum atomic E-state index is -0.460. The minimum Gasteiger partial charge on any atom is -0.325 e. The molecule has 3 aromatic rings. The van der Waals surface area contributed by atoms with Crippen LogP contribution in [0, 0.1) is 5.82 Å². The number of amides is 1. The first kappa shape index (κ1) is 20.3. The van der Waals surface area contributed by atoms with Gasteiger partial charge in [0.05, 0.1) is 10.5 Å². The third-order valence-electron chi connectivity index (χ3n) is 4.94. The lowest BCUT2D eigenvalue weighted by Gasteiger charge is -2.31. The summed E-state index contributed by atoms with van der Waals surface area (Å²) in [4.78, 5) is 25.2. The van der Waals surface area contributed by atoms with Crippen molar-refractivity contribution < 1.29 is 9.18 Å². The number of halogens is 2. The van der Waals surface area contributed by atoms with E-state index in [9.17, 15) is 9.18 Å². The highest BCUT2D eigenvalue weighted by atomic mass is 35.5. The molecule has 1 amide bonds. The van der Waals surface area contributed by atoms with E-state index in [0.717, 1.165) is 27.8 Å². The van der Waals surface area contributed by atoms with Crippen LogP contribution in [0.15, 0.2) is 48.8 Å². The lowest BCUT2D eigenvalue weighted by molar-refractivity contribution is -0.111. The zero-order chi connectivity index (χ0) is 21.3. The van der Waals surface area contributed by atoms with Crippen molar-refractivity contribution in [2.24, 2.45) is 0 Å². The van der Waals surface area contributed by atoms with Crippen molar-refractivity contribution in [1.29, 1.82) is 0 Å². The first-order chi connectivity index (χ1) is 14.4. The highest BCUT2D eigenvalue weighted by Gasteiger charge is 2.25. The van der Waals surface area contributed by atoms with Crippen LogP contribution in [-0.2, 0) is 11.2 Å². The Morgan fingerprint density at radius 3 is 2.90 bits per heavy atom. The zero-order valence-corrected chi connectivity index (χ0v) is 17.4. The van der Waals surface area contributed by atoms with Crippen molar-refractivity contribution in [2.45, 2.75) is 6.42 Å². The number of hydrogen-bond acceptors (Lipinski definition) is 5. The van der Waals surface area contributed by atoms with Gasteiger partial charge in [-0.05, 0) is 56.4 Å². The smallest absolute Gasteiger partial charge is 0.248 e. The molecule has 0 bridgehead atoms. The summed E-state index contributed by atoms with van der Waals surface area (Å²) in [5.41, 5.74) is 3.28. The number of likely N-dealkylation sites (N-methyl/N-ethyl adjacent to an activating group) is 1. The van der Waals surface area contributed by atoms with Crippen LogP contribution < -0.4 is 10.2 Å². The minimum absolute atomic E-state index is 0.0640. The molecule has 1 aliphatic heterocycles. The molecule has 0 aliphatic carbocycles. The largest absolute Gasteiger partial charge is 0.325 e. The Morgan fingerprint density at radius 2 is 2.13 bits per heavy atom. The molecule has 1 N–H and O–H groups in total. The maximum absolute atomic E-state index is 13.6. The van der Waals surface area contributed by atoms with Gasteiger partial charge in [0.25, 0.3) is 0 Å². The monoisotopic (exact) mass is 425 g/mol. The van der Waals surface area contributed by atoms with Gasteiger partial charge in [-0.3, -0.25) is 4.79 Å². The summed E-state index contributed by atoms with van der Waals surface area (Å²) in [5, 5.41) is 3.91. The molecule has 154 valence electrons. The SMILES string of the molecule is CN(C)C/C=C/C(=O)Nc1ccc2ncnc3c2c1CCN3c1ccc(F)c(Cl)c1. The lowest BCUT2D eigenvalue weighted by atomic mass is 9.98. The van der Waals surface area contributed by atoms with E-state index in [1.807, 2.05) is 42.1 Å². The van der Waals surface area contributed by atoms with Crippen LogP contribution in [0.1, 0.15) is 5.56 Å². The Morgan fingerprint density at radius 1 is 1.30 bits per heavy atom. The van der Waals surface area contributed by atoms with Gasteiger partial charge in [-0.2, -0.15) is 0 Å². The average molecular weight is 426 g/mol. The summed E-state index contributed by atoms with van der Waals surface area (Å²) < 4.78 is 13.6. The topological polar surface area (TPSA) is 61.4 Å². The molecule has 0 saturated heterocycles. The number of carbonyl (C=O) groups is 1. The standard InChI is InChI=1S/C22H21ClFN5O/c1-28(2)10-3-4-20(30)27-18-7-8-19-21-15(18)9-11-29(22(21)26-13-25-19)14-5-6-17(24)16(23)12-14/h3-8,12-13H,9-11H2,1-2H3,(H,27,30)/b4-3+. The predicted octanol–water partition coefficient (Wildman–Crippen LogP) is 4.17. The number of nitrogens with one attached hydrogen (secondary N) is 1. The summed E-state index contributed by atoms with van der Waals surface area (Å²) in [6, 6.07) is 8.36. The number of benzene rings is 2. The first-order valence-corrected chi connectivity index (χ1v) is 9.93. The van der Waals surface area contributed by atoms with Gasteiger partial charge in [-0.1, -0.05) is 17.7 Å². The van der Waals surface area contributed by atoms with Crippen LogP contribution in [0.25, 0.3) is 10.9 Å². The summed E-state index contributed by atoms with van der Waals surface area (Å²) in [7, 11) is 3.88. The van der Waals surface area contributed by atoms with Crippen molar-refractivity contribution in [3.63, 3.8) is 0 Å². The molecule has 1 aliphatic rings. The number of hydrogen-bond donors (Lipinski definition) is 1. The van der Waals surface area contributed by atoms with E-state index < -0.39 is 5.82 Å². The maximum Gasteiger partial charge on any atom is 0.248 e. The van der Waals surface area contributed by atoms with E-state index >= 15 is 0 Å². The number of carbonyl (C=O) groups excluding carboxylic acids is 1. The molecule has 0 atom stereocenters. The summed E-state index contributed by atoms with van der Waals surface area (Å²) >= 11 is 5.99. The van der Waals surface area contributed by atoms with Gasteiger partial charge < -0.3 is 15.1 Å². The third kappa shape index (κ3) is 3.99. The van der Waals surface area contributed by atoms with Gasteiger partial charge in [-0.25, -0.2) is 14.4 Å². The van der Waals surface area contributed by atoms with Crippen molar-refractivity contribution in [1.82, 2.24) is 14.9 Å². The number of anilines is 3. The Hall–Kier alpha value is -3.03. The second kappa shape index (κ2) is 8.38. The quantitative estimate of drug-likeness (QED) is 0.621. The molecule has 30 heavy (non-hydrogen) atoms. The molecule has 0 radical (unpaired) electrons. The third-order valence-corrected chi connectivity index (χ3v) is 5.23. The number of rotatable bonds is 5. The molecule has 6 nitrogen and oxygen atoms in total. The predicted molar refractivity (Wildman–Crippen MR) is 118 cm³/mol. The van der Waals surface area contributed by atoms with Gasteiger partial charge in [0.15, 0.2) is 0 Å². The van der Waals surface area contributed by atoms with Crippen LogP contribution in [0.3, 0.4) is 0 Å². The fourth-order valence-electron chi connectivity index (χ4n) is 3.56. The van der Waals surface area contributed by atoms with E-state index in [0.29, 0.717) is 25.3 Å². The number of aromatic nitrogens is 2. The van der Waals surface area contributed by atoms with Gasteiger partial charge in [0, 0.05) is 35.9 Å². The Kier molecular flexibility index (Phi) is 5.65. The maximum atomic E-state index is 13.6. The average Bonchev–Trinajstić information content (AvgIpc) is 2.72. The molecule has 0 saturated carbocycles. The second-order valence-corrected chi connectivity index (χ2v) is 7.74. The molecule has 0 fully saturated rings. The van der Waals surface area contributed by atoms with Crippen LogP contribution in [-0.4, -0.2) is 48.0 Å². The van der Waals surface area contributed by atoms with Crippen molar-refractivity contribution in [2.75, 3.05) is 37.4 Å². The van der Waals surface area contributed by atoms with E-state index in [1.165, 1.54) is 18.5 Å². The molecular weight excluding hydrogens is 405 g/mol. The highest BCUT2D eigenvalue weighted by molar-refractivity contribution is 6.31. The normalized spacial score (nSPS) is 13.4. The van der Waals surface area contributed by atoms with E-state index in [2.05, 4.69) is 15.3 Å². The van der Waals surface area contributed by atoms with Gasteiger partial charge in [0.1, 0.15) is 18.0 Å². The van der Waals surface area contributed by atoms with E-state index in [4.69, 9.17) is 11.6 Å². The molecule has 1 aromatic heterocycles. The molecule has 0 unspecified atom stereocenters. The first-order valence-electron chi connectivity index (χ1n) is 9.55. The summed E-state index contributed by atoms with van der Waals surface area (Å²) in [6.07, 6.45) is 5.53. The van der Waals surface area contributed by atoms with Crippen LogP contribution in [0.5, 0.6) is 0 Å². The van der Waals surface area contributed by atoms with E-state index in [-0.39, 0.29) is 10.9 Å². The Bertz CT molecular complexity index is 1150. The van der Waals surface area contributed by atoms with Crippen molar-refractivity contribution in [3.8, 4) is 0 Å². The Labute approximate surface area is 179 Å². The molecular formula is C22H21ClFN5O. The Balaban J connectivity index is 1.71. The molecule has 0 spiro atoms.